The van der Waals surface area contributed by atoms with E-state index >= 15 is 0 Å². The molecule has 0 fully saturated rings. The van der Waals surface area contributed by atoms with E-state index in [2.05, 4.69) is 110 Å². The molecule has 4 nitrogen and oxygen atoms in total. The average molecular weight is 718 g/mol. The maximum atomic E-state index is 6.67. The van der Waals surface area contributed by atoms with Crippen LogP contribution in [0.25, 0.3) is 61.6 Å². The van der Waals surface area contributed by atoms with Gasteiger partial charge in [-0.3, -0.25) is 4.98 Å². The first-order valence-corrected chi connectivity index (χ1v) is 19.9. The highest BCUT2D eigenvalue weighted by Crippen LogP contribution is 2.47. The maximum Gasteiger partial charge on any atom is 0.141 e. The highest BCUT2D eigenvalue weighted by molar-refractivity contribution is 7.27. The molecule has 0 spiro atoms. The van der Waals surface area contributed by atoms with Gasteiger partial charge in [-0.2, -0.15) is 0 Å². The Morgan fingerprint density at radius 1 is 0.571 bits per heavy atom. The molecule has 0 amide bonds. The van der Waals surface area contributed by atoms with Crippen LogP contribution < -0.4 is 4.74 Å². The fourth-order valence-corrected chi connectivity index (χ4v) is 11.2. The molecular formula is C41H39N3OS4. The van der Waals surface area contributed by atoms with E-state index in [0.717, 1.165) is 65.5 Å². The minimum Gasteiger partial charge on any atom is -0.455 e. The minimum absolute atomic E-state index is 0.237. The largest absolute Gasteiger partial charge is 0.455 e. The topological polar surface area (TPSA) is 47.9 Å². The van der Waals surface area contributed by atoms with Crippen molar-refractivity contribution in [2.24, 2.45) is 10.8 Å². The standard InChI is InChI=1S/C41H39N3OS4/c1-22-29(17-33(46-22)36-38-27(13-14-42-36)26-11-9-24(15-31(26)48-38)19-40(3,4)5)45-30-18-34(47-23(30)2)37-39-35(43-21-44-37)28-12-10-25(16-32(28)49-39)20-41(6,7)8/h9-18,21H,19-20H2,1-8H3. The van der Waals surface area contributed by atoms with Crippen molar-refractivity contribution < 1.29 is 4.74 Å². The number of ether oxygens (including phenoxy) is 1. The molecule has 248 valence electrons. The molecule has 0 unspecified atom stereocenters. The lowest BCUT2D eigenvalue weighted by Crippen LogP contribution is -2.08. The van der Waals surface area contributed by atoms with E-state index in [-0.39, 0.29) is 10.8 Å². The molecule has 0 atom stereocenters. The molecule has 0 N–H and O–H groups in total. The monoisotopic (exact) mass is 717 g/mol. The molecule has 6 heterocycles. The Labute approximate surface area is 303 Å². The van der Waals surface area contributed by atoms with E-state index < -0.39 is 0 Å². The average Bonchev–Trinajstić information content (AvgIpc) is 3.78. The summed E-state index contributed by atoms with van der Waals surface area (Å²) < 4.78 is 11.6. The highest BCUT2D eigenvalue weighted by atomic mass is 32.1. The molecular weight excluding hydrogens is 679 g/mol. The SMILES string of the molecule is Cc1sc(-c2nccc3c2sc2cc(CC(C)(C)C)ccc23)cc1Oc1cc(-c2ncnc3c2sc2cc(CC(C)(C)C)ccc23)sc1C. The van der Waals surface area contributed by atoms with Crippen molar-refractivity contribution in [3.05, 3.63) is 88.0 Å². The van der Waals surface area contributed by atoms with Crippen LogP contribution in [-0.4, -0.2) is 15.0 Å². The van der Waals surface area contributed by atoms with Crippen LogP contribution in [0, 0.1) is 24.7 Å². The molecule has 0 aliphatic heterocycles. The Morgan fingerprint density at radius 3 is 1.73 bits per heavy atom. The van der Waals surface area contributed by atoms with Crippen LogP contribution in [-0.2, 0) is 12.8 Å². The summed E-state index contributed by atoms with van der Waals surface area (Å²) in [4.78, 5) is 18.9. The van der Waals surface area contributed by atoms with Crippen LogP contribution in [0.3, 0.4) is 0 Å². The van der Waals surface area contributed by atoms with E-state index in [1.165, 1.54) is 41.4 Å². The summed E-state index contributed by atoms with van der Waals surface area (Å²) in [5.74, 6) is 1.74. The van der Waals surface area contributed by atoms with Crippen LogP contribution in [0.15, 0.2) is 67.1 Å². The number of thiophene rings is 4. The quantitative estimate of drug-likeness (QED) is 0.172. The summed E-state index contributed by atoms with van der Waals surface area (Å²) in [7, 11) is 0. The molecule has 0 saturated carbocycles. The number of rotatable bonds is 6. The molecule has 8 aromatic rings. The summed E-state index contributed by atoms with van der Waals surface area (Å²) >= 11 is 7.10. The molecule has 8 heteroatoms. The lowest BCUT2D eigenvalue weighted by atomic mass is 9.88. The first-order chi connectivity index (χ1) is 23.3. The second-order valence-electron chi connectivity index (χ2n) is 15.4. The Morgan fingerprint density at radius 2 is 1.12 bits per heavy atom. The smallest absolute Gasteiger partial charge is 0.141 e. The van der Waals surface area contributed by atoms with Gasteiger partial charge in [-0.05, 0) is 66.8 Å². The van der Waals surface area contributed by atoms with Gasteiger partial charge in [0, 0.05) is 53.6 Å². The van der Waals surface area contributed by atoms with Gasteiger partial charge < -0.3 is 4.74 Å². The number of hydrogen-bond acceptors (Lipinski definition) is 8. The zero-order chi connectivity index (χ0) is 34.2. The molecule has 0 bridgehead atoms. The van der Waals surface area contributed by atoms with Gasteiger partial charge in [0.2, 0.25) is 0 Å². The predicted octanol–water partition coefficient (Wildman–Crippen LogP) is 13.7. The number of nitrogens with zero attached hydrogens (tertiary/aromatic N) is 3. The number of pyridine rings is 1. The maximum absolute atomic E-state index is 6.67. The minimum atomic E-state index is 0.237. The number of fused-ring (bicyclic) bond motifs is 6. The second kappa shape index (κ2) is 12.0. The highest BCUT2D eigenvalue weighted by Gasteiger charge is 2.21. The van der Waals surface area contributed by atoms with E-state index in [0.29, 0.717) is 0 Å². The van der Waals surface area contributed by atoms with Crippen LogP contribution in [0.4, 0.5) is 0 Å². The van der Waals surface area contributed by atoms with Gasteiger partial charge in [-0.15, -0.1) is 45.3 Å². The van der Waals surface area contributed by atoms with Gasteiger partial charge >= 0.3 is 0 Å². The molecule has 8 rings (SSSR count). The Hall–Kier alpha value is -3.69. The molecule has 0 saturated heterocycles. The van der Waals surface area contributed by atoms with E-state index in [1.807, 2.05) is 17.5 Å². The number of benzene rings is 2. The van der Waals surface area contributed by atoms with Crippen LogP contribution in [0.1, 0.15) is 62.4 Å². The van der Waals surface area contributed by atoms with E-state index in [1.54, 1.807) is 40.3 Å². The number of hydrogen-bond donors (Lipinski definition) is 0. The van der Waals surface area contributed by atoms with Gasteiger partial charge in [-0.25, -0.2) is 9.97 Å². The fourth-order valence-electron chi connectivity index (χ4n) is 6.65. The van der Waals surface area contributed by atoms with Crippen LogP contribution >= 0.6 is 45.3 Å². The third-order valence-corrected chi connectivity index (χ3v) is 13.1. The van der Waals surface area contributed by atoms with Gasteiger partial charge in [0.15, 0.2) is 0 Å². The second-order valence-corrected chi connectivity index (χ2v) is 20.1. The normalized spacial score (nSPS) is 12.7. The van der Waals surface area contributed by atoms with Gasteiger partial charge in [0.05, 0.1) is 30.4 Å². The molecule has 2 aromatic carbocycles. The predicted molar refractivity (Wildman–Crippen MR) is 215 cm³/mol. The Kier molecular flexibility index (Phi) is 7.95. The van der Waals surface area contributed by atoms with Crippen molar-refractivity contribution in [3.8, 4) is 32.6 Å². The van der Waals surface area contributed by atoms with Crippen molar-refractivity contribution in [1.82, 2.24) is 15.0 Å². The van der Waals surface area contributed by atoms with Crippen LogP contribution in [0.5, 0.6) is 11.5 Å². The van der Waals surface area contributed by atoms with E-state index in [9.17, 15) is 0 Å². The van der Waals surface area contributed by atoms with Crippen molar-refractivity contribution in [2.75, 3.05) is 0 Å². The summed E-state index contributed by atoms with van der Waals surface area (Å²) in [5.41, 5.74) is 6.25. The zero-order valence-corrected chi connectivity index (χ0v) is 32.4. The van der Waals surface area contributed by atoms with Crippen molar-refractivity contribution in [2.45, 2.75) is 68.2 Å². The number of aromatic nitrogens is 3. The molecule has 6 aromatic heterocycles. The van der Waals surface area contributed by atoms with E-state index in [4.69, 9.17) is 19.7 Å². The fraction of sp³-hybridized carbons (Fsp3) is 0.293. The third-order valence-electron chi connectivity index (χ3n) is 8.67. The first-order valence-electron chi connectivity index (χ1n) is 16.7. The zero-order valence-electron chi connectivity index (χ0n) is 29.1. The van der Waals surface area contributed by atoms with Gasteiger partial charge in [0.1, 0.15) is 23.5 Å². The molecule has 0 aliphatic carbocycles. The number of aryl methyl sites for hydroxylation is 2. The van der Waals surface area contributed by atoms with Gasteiger partial charge in [-0.1, -0.05) is 65.8 Å². The summed E-state index contributed by atoms with van der Waals surface area (Å²) in [6.45, 7) is 18.0. The molecule has 0 aliphatic rings. The Balaban J connectivity index is 1.11. The molecule has 0 radical (unpaired) electrons. The lowest BCUT2D eigenvalue weighted by molar-refractivity contribution is 0.411. The van der Waals surface area contributed by atoms with Crippen LogP contribution in [0.2, 0.25) is 0 Å². The third kappa shape index (κ3) is 6.29. The molecule has 49 heavy (non-hydrogen) atoms. The lowest BCUT2D eigenvalue weighted by Gasteiger charge is -2.17. The van der Waals surface area contributed by atoms with Crippen molar-refractivity contribution in [1.29, 1.82) is 0 Å². The van der Waals surface area contributed by atoms with Gasteiger partial charge in [0.25, 0.3) is 0 Å². The Bertz CT molecular complexity index is 2360. The summed E-state index contributed by atoms with van der Waals surface area (Å²) in [5, 5.41) is 3.76. The summed E-state index contributed by atoms with van der Waals surface area (Å²) in [6.07, 6.45) is 5.74. The van der Waals surface area contributed by atoms with Crippen molar-refractivity contribution >= 4 is 85.8 Å². The summed E-state index contributed by atoms with van der Waals surface area (Å²) in [6, 6.07) is 20.2. The first kappa shape index (κ1) is 32.5. The van der Waals surface area contributed by atoms with Crippen molar-refractivity contribution in [3.63, 3.8) is 0 Å².